The first kappa shape index (κ1) is 28.0. The van der Waals surface area contributed by atoms with Gasteiger partial charge in [0.2, 0.25) is 0 Å². The van der Waals surface area contributed by atoms with E-state index in [0.29, 0.717) is 11.6 Å². The van der Waals surface area contributed by atoms with E-state index in [9.17, 15) is 0 Å². The van der Waals surface area contributed by atoms with Gasteiger partial charge in [0, 0.05) is 11.6 Å². The van der Waals surface area contributed by atoms with Crippen molar-refractivity contribution in [1.82, 2.24) is 10.6 Å². The zero-order chi connectivity index (χ0) is 26.5. The Kier molecular flexibility index (Phi) is 9.38. The maximum Gasteiger partial charge on any atom is 0.0286 e. The first-order valence-corrected chi connectivity index (χ1v) is 17.2. The van der Waals surface area contributed by atoms with Crippen LogP contribution in [-0.4, -0.2) is 24.7 Å². The van der Waals surface area contributed by atoms with Gasteiger partial charge < -0.3 is 10.6 Å². The van der Waals surface area contributed by atoms with Crippen molar-refractivity contribution in [2.24, 2.45) is 0 Å². The van der Waals surface area contributed by atoms with Crippen molar-refractivity contribution in [1.29, 1.82) is 0 Å². The van der Waals surface area contributed by atoms with Gasteiger partial charge in [-0.05, 0) is 102 Å². The molecule has 5 rings (SSSR count). The Morgan fingerprint density at radius 1 is 0.789 bits per heavy atom. The molecule has 2 fully saturated rings. The van der Waals surface area contributed by atoms with Crippen molar-refractivity contribution in [3.8, 4) is 22.3 Å². The summed E-state index contributed by atoms with van der Waals surface area (Å²) in [6, 6.07) is 24.8. The molecule has 3 atom stereocenters. The van der Waals surface area contributed by atoms with Crippen LogP contribution in [-0.2, 0) is 17.7 Å². The SMILES string of the molecule is CC(C)(C)c1c(CP(C2CCCCN2)C2CCCCN2)c(CP)cc(-c2ccccc2)c1-c1ccccc1. The highest BCUT2D eigenvalue weighted by atomic mass is 31.1. The van der Waals surface area contributed by atoms with E-state index in [1.807, 2.05) is 0 Å². The van der Waals surface area contributed by atoms with E-state index in [1.165, 1.54) is 85.6 Å². The third kappa shape index (κ3) is 6.26. The second kappa shape index (κ2) is 12.7. The summed E-state index contributed by atoms with van der Waals surface area (Å²) < 4.78 is 0. The molecule has 0 radical (unpaired) electrons. The lowest BCUT2D eigenvalue weighted by atomic mass is 9.75. The Morgan fingerprint density at radius 2 is 1.34 bits per heavy atom. The number of nitrogens with one attached hydrogen (secondary N) is 2. The van der Waals surface area contributed by atoms with Crippen LogP contribution in [0.4, 0.5) is 0 Å². The molecule has 3 unspecified atom stereocenters. The molecular weight excluding hydrogens is 498 g/mol. The highest BCUT2D eigenvalue weighted by Crippen LogP contribution is 2.55. The van der Waals surface area contributed by atoms with Crippen molar-refractivity contribution in [3.63, 3.8) is 0 Å². The molecule has 0 aliphatic carbocycles. The highest BCUT2D eigenvalue weighted by Gasteiger charge is 2.35. The number of rotatable bonds is 7. The Labute approximate surface area is 234 Å². The van der Waals surface area contributed by atoms with E-state index < -0.39 is 0 Å². The smallest absolute Gasteiger partial charge is 0.0286 e. The lowest BCUT2D eigenvalue weighted by Gasteiger charge is -2.41. The van der Waals surface area contributed by atoms with E-state index in [2.05, 4.69) is 107 Å². The predicted molar refractivity (Wildman–Crippen MR) is 171 cm³/mol. The Hall–Kier alpha value is -1.56. The molecule has 2 heterocycles. The summed E-state index contributed by atoms with van der Waals surface area (Å²) >= 11 is 0. The van der Waals surface area contributed by atoms with Crippen LogP contribution in [0.25, 0.3) is 22.3 Å². The minimum atomic E-state index is -0.235. The van der Waals surface area contributed by atoms with Gasteiger partial charge >= 0.3 is 0 Å². The molecule has 2 saturated heterocycles. The predicted octanol–water partition coefficient (Wildman–Crippen LogP) is 8.87. The van der Waals surface area contributed by atoms with Crippen molar-refractivity contribution in [3.05, 3.63) is 83.4 Å². The van der Waals surface area contributed by atoms with Gasteiger partial charge in [-0.2, -0.15) is 0 Å². The van der Waals surface area contributed by atoms with Crippen molar-refractivity contribution in [2.75, 3.05) is 13.1 Å². The summed E-state index contributed by atoms with van der Waals surface area (Å²) in [7, 11) is 2.84. The van der Waals surface area contributed by atoms with E-state index >= 15 is 0 Å². The Morgan fingerprint density at radius 3 is 1.82 bits per heavy atom. The standard InChI is InChI=1S/C34H46N2P2/c1-34(2,3)33-29(24-38(30-18-10-12-20-35-30)31-19-11-13-21-36-31)27(23-37)22-28(25-14-6-4-7-15-25)32(33)26-16-8-5-9-17-26/h4-9,14-17,22,30-31,35-36H,10-13,18-21,23-24,37H2,1-3H3. The maximum absolute atomic E-state index is 4.00. The van der Waals surface area contributed by atoms with Crippen LogP contribution in [0.1, 0.15) is 76.0 Å². The van der Waals surface area contributed by atoms with Crippen molar-refractivity contribution < 1.29 is 0 Å². The monoisotopic (exact) mass is 544 g/mol. The van der Waals surface area contributed by atoms with Gasteiger partial charge in [-0.3, -0.25) is 0 Å². The van der Waals surface area contributed by atoms with Gasteiger partial charge in [-0.25, -0.2) is 0 Å². The molecular formula is C34H46N2P2. The van der Waals surface area contributed by atoms with Gasteiger partial charge in [-0.15, -0.1) is 9.24 Å². The van der Waals surface area contributed by atoms with Crippen LogP contribution in [0.3, 0.4) is 0 Å². The lowest BCUT2D eigenvalue weighted by molar-refractivity contribution is 0.455. The van der Waals surface area contributed by atoms with E-state index in [-0.39, 0.29) is 13.3 Å². The van der Waals surface area contributed by atoms with Gasteiger partial charge in [0.1, 0.15) is 0 Å². The van der Waals surface area contributed by atoms with Crippen LogP contribution >= 0.6 is 17.2 Å². The molecule has 2 aliphatic rings. The van der Waals surface area contributed by atoms with Crippen LogP contribution < -0.4 is 10.6 Å². The van der Waals surface area contributed by atoms with Crippen LogP contribution in [0, 0.1) is 0 Å². The normalized spacial score (nSPS) is 21.3. The fourth-order valence-electron chi connectivity index (χ4n) is 6.57. The highest BCUT2D eigenvalue weighted by molar-refractivity contribution is 7.58. The quantitative estimate of drug-likeness (QED) is 0.290. The minimum Gasteiger partial charge on any atom is -0.310 e. The van der Waals surface area contributed by atoms with Gasteiger partial charge in [0.25, 0.3) is 0 Å². The Bertz CT molecular complexity index is 1160. The summed E-state index contributed by atoms with van der Waals surface area (Å²) in [6.45, 7) is 9.65. The molecule has 38 heavy (non-hydrogen) atoms. The number of hydrogen-bond acceptors (Lipinski definition) is 2. The molecule has 202 valence electrons. The third-order valence-electron chi connectivity index (χ3n) is 8.35. The molecule has 3 aromatic carbocycles. The first-order chi connectivity index (χ1) is 18.5. The van der Waals surface area contributed by atoms with Crippen LogP contribution in [0.15, 0.2) is 66.7 Å². The number of benzene rings is 3. The summed E-state index contributed by atoms with van der Waals surface area (Å²) in [5, 5.41) is 8.00. The Balaban J connectivity index is 1.72. The van der Waals surface area contributed by atoms with E-state index in [1.54, 1.807) is 11.1 Å². The van der Waals surface area contributed by atoms with Crippen molar-refractivity contribution >= 4 is 17.2 Å². The second-order valence-corrected chi connectivity index (χ2v) is 15.1. The minimum absolute atomic E-state index is 0.0286. The zero-order valence-electron chi connectivity index (χ0n) is 23.6. The molecule has 4 heteroatoms. The lowest BCUT2D eigenvalue weighted by Crippen LogP contribution is -2.41. The molecule has 2 nitrogen and oxygen atoms in total. The summed E-state index contributed by atoms with van der Waals surface area (Å²) in [5.41, 5.74) is 10.2. The van der Waals surface area contributed by atoms with Gasteiger partial charge in [0.05, 0.1) is 0 Å². The molecule has 0 amide bonds. The summed E-state index contributed by atoms with van der Waals surface area (Å²) in [5.74, 6) is 1.32. The first-order valence-electron chi connectivity index (χ1n) is 14.7. The summed E-state index contributed by atoms with van der Waals surface area (Å²) in [4.78, 5) is 0. The van der Waals surface area contributed by atoms with Crippen molar-refractivity contribution in [2.45, 2.75) is 88.6 Å². The molecule has 0 spiro atoms. The largest absolute Gasteiger partial charge is 0.310 e. The molecule has 0 saturated carbocycles. The number of piperidine rings is 2. The molecule has 2 N–H and O–H groups in total. The molecule has 0 aromatic heterocycles. The average molecular weight is 545 g/mol. The second-order valence-electron chi connectivity index (χ2n) is 12.1. The van der Waals surface area contributed by atoms with Crippen LogP contribution in [0.2, 0.25) is 0 Å². The maximum atomic E-state index is 4.00. The fraction of sp³-hybridized carbons (Fsp3) is 0.471. The van der Waals surface area contributed by atoms with E-state index in [0.717, 1.165) is 6.16 Å². The van der Waals surface area contributed by atoms with Gasteiger partial charge in [-0.1, -0.05) is 102 Å². The molecule has 2 aliphatic heterocycles. The number of hydrogen-bond donors (Lipinski definition) is 2. The fourth-order valence-corrected chi connectivity index (χ4v) is 10.3. The average Bonchev–Trinajstić information content (AvgIpc) is 2.96. The molecule has 3 aromatic rings. The van der Waals surface area contributed by atoms with Gasteiger partial charge in [0.15, 0.2) is 0 Å². The zero-order valence-corrected chi connectivity index (χ0v) is 25.7. The van der Waals surface area contributed by atoms with E-state index in [4.69, 9.17) is 0 Å². The summed E-state index contributed by atoms with van der Waals surface area (Å²) in [6.07, 6.45) is 10.2. The molecule has 0 bridgehead atoms. The third-order valence-corrected chi connectivity index (χ3v) is 12.0. The topological polar surface area (TPSA) is 24.1 Å². The van der Waals surface area contributed by atoms with Crippen LogP contribution in [0.5, 0.6) is 0 Å².